The van der Waals surface area contributed by atoms with Gasteiger partial charge in [-0.3, -0.25) is 0 Å². The van der Waals surface area contributed by atoms with E-state index in [1.54, 1.807) is 23.1 Å². The Labute approximate surface area is 215 Å². The summed E-state index contributed by atoms with van der Waals surface area (Å²) >= 11 is 29.4. The molecule has 164 valence electrons. The van der Waals surface area contributed by atoms with Crippen molar-refractivity contribution < 1.29 is 0 Å². The summed E-state index contributed by atoms with van der Waals surface area (Å²) in [5, 5.41) is 2.25. The van der Waals surface area contributed by atoms with Crippen molar-refractivity contribution in [2.45, 2.75) is 38.5 Å². The van der Waals surface area contributed by atoms with Crippen molar-refractivity contribution in [1.82, 2.24) is 9.97 Å². The average molecular weight is 540 g/mol. The lowest BCUT2D eigenvalue weighted by atomic mass is 9.78. The van der Waals surface area contributed by atoms with Crippen LogP contribution in [0.25, 0.3) is 20.3 Å². The van der Waals surface area contributed by atoms with Gasteiger partial charge in [-0.25, -0.2) is 9.97 Å². The van der Waals surface area contributed by atoms with Gasteiger partial charge in [0.1, 0.15) is 0 Å². The molecule has 1 unspecified atom stereocenters. The average Bonchev–Trinajstić information content (AvgIpc) is 3.10. The van der Waals surface area contributed by atoms with Gasteiger partial charge in [0.15, 0.2) is 5.15 Å². The number of rotatable bonds is 3. The maximum atomic E-state index is 7.09. The highest BCUT2D eigenvalue weighted by atomic mass is 35.5. The van der Waals surface area contributed by atoms with Crippen LogP contribution in [0.3, 0.4) is 0 Å². The monoisotopic (exact) mass is 538 g/mol. The molecule has 8 heteroatoms. The van der Waals surface area contributed by atoms with Gasteiger partial charge < -0.3 is 0 Å². The number of alkyl halides is 1. The molecule has 2 atom stereocenters. The quantitative estimate of drug-likeness (QED) is 0.143. The fraction of sp³-hybridized carbons (Fsp3) is 0.292. The van der Waals surface area contributed by atoms with E-state index < -0.39 is 4.87 Å². The van der Waals surface area contributed by atoms with E-state index in [4.69, 9.17) is 46.4 Å². The number of halogens is 4. The van der Waals surface area contributed by atoms with Crippen LogP contribution in [-0.2, 0) is 6.42 Å². The Bertz CT molecular complexity index is 1420. The summed E-state index contributed by atoms with van der Waals surface area (Å²) in [5.41, 5.74) is 7.37. The van der Waals surface area contributed by atoms with Crippen molar-refractivity contribution >= 4 is 89.8 Å². The second-order valence-corrected chi connectivity index (χ2v) is 12.1. The molecule has 0 radical (unpaired) electrons. The van der Waals surface area contributed by atoms with E-state index >= 15 is 0 Å². The van der Waals surface area contributed by atoms with Crippen molar-refractivity contribution in [2.75, 3.05) is 0 Å². The molecule has 2 nitrogen and oxygen atoms in total. The normalized spacial score (nSPS) is 23.3. The van der Waals surface area contributed by atoms with Gasteiger partial charge in [0.2, 0.25) is 5.28 Å². The minimum absolute atomic E-state index is 0.138. The SMILES string of the molecule is CCC1=CC(Cc2ccc3sc4c(Cl)nc(Cl)nc4c3c2)C2=C(S1)C(Cl)=C=C(C)[C@@]2(C)Cl. The van der Waals surface area contributed by atoms with Gasteiger partial charge in [-0.05, 0) is 72.0 Å². The first-order valence-corrected chi connectivity index (χ1v) is 13.3. The third kappa shape index (κ3) is 3.75. The molecule has 0 saturated carbocycles. The number of hydrogen-bond donors (Lipinski definition) is 0. The number of allylic oxidation sites excluding steroid dienone is 4. The summed E-state index contributed by atoms with van der Waals surface area (Å²) in [5.74, 6) is 0.138. The minimum atomic E-state index is -0.616. The maximum Gasteiger partial charge on any atom is 0.224 e. The summed E-state index contributed by atoms with van der Waals surface area (Å²) in [4.78, 5) is 10.3. The molecule has 1 aliphatic carbocycles. The van der Waals surface area contributed by atoms with Gasteiger partial charge in [-0.1, -0.05) is 59.8 Å². The summed E-state index contributed by atoms with van der Waals surface area (Å²) in [7, 11) is 0. The van der Waals surface area contributed by atoms with Crippen molar-refractivity contribution in [3.8, 4) is 0 Å². The van der Waals surface area contributed by atoms with Crippen LogP contribution in [-0.4, -0.2) is 14.8 Å². The second-order valence-electron chi connectivity index (χ2n) is 8.10. The molecule has 0 amide bonds. The first-order valence-electron chi connectivity index (χ1n) is 10.2. The Morgan fingerprint density at radius 1 is 1.19 bits per heavy atom. The molecule has 5 rings (SSSR count). The van der Waals surface area contributed by atoms with E-state index in [1.165, 1.54) is 10.5 Å². The molecule has 2 aliphatic rings. The molecule has 3 aromatic rings. The van der Waals surface area contributed by atoms with Crippen molar-refractivity contribution in [2.24, 2.45) is 5.92 Å². The lowest BCUT2D eigenvalue weighted by Gasteiger charge is -2.38. The molecule has 2 aromatic heterocycles. The molecular formula is C24H18Cl4N2S2. The Balaban J connectivity index is 1.62. The number of thioether (sulfide) groups is 1. The number of benzene rings is 1. The Kier molecular flexibility index (Phi) is 5.96. The van der Waals surface area contributed by atoms with Crippen molar-refractivity contribution in [3.63, 3.8) is 0 Å². The molecule has 0 saturated heterocycles. The van der Waals surface area contributed by atoms with Gasteiger partial charge in [0.25, 0.3) is 0 Å². The van der Waals surface area contributed by atoms with E-state index in [9.17, 15) is 0 Å². The molecule has 0 fully saturated rings. The number of aromatic nitrogens is 2. The predicted molar refractivity (Wildman–Crippen MR) is 141 cm³/mol. The number of thiophene rings is 1. The topological polar surface area (TPSA) is 25.8 Å². The van der Waals surface area contributed by atoms with Crippen LogP contribution in [0, 0.1) is 5.92 Å². The highest BCUT2D eigenvalue weighted by Crippen LogP contribution is 2.53. The van der Waals surface area contributed by atoms with Crippen LogP contribution in [0.1, 0.15) is 32.8 Å². The smallest absolute Gasteiger partial charge is 0.216 e. The summed E-state index contributed by atoms with van der Waals surface area (Å²) in [6.45, 7) is 6.21. The van der Waals surface area contributed by atoms with Crippen LogP contribution in [0.15, 0.2) is 56.0 Å². The Morgan fingerprint density at radius 3 is 2.72 bits per heavy atom. The van der Waals surface area contributed by atoms with Crippen LogP contribution in [0.5, 0.6) is 0 Å². The highest BCUT2D eigenvalue weighted by molar-refractivity contribution is 8.07. The Hall–Kier alpha value is -0.970. The van der Waals surface area contributed by atoms with Crippen molar-refractivity contribution in [1.29, 1.82) is 0 Å². The largest absolute Gasteiger partial charge is 0.224 e. The van der Waals surface area contributed by atoms with Gasteiger partial charge in [-0.15, -0.1) is 22.9 Å². The molecule has 0 bridgehead atoms. The zero-order valence-electron chi connectivity index (χ0n) is 17.5. The zero-order chi connectivity index (χ0) is 22.8. The molecule has 32 heavy (non-hydrogen) atoms. The van der Waals surface area contributed by atoms with Gasteiger partial charge in [0, 0.05) is 20.9 Å². The van der Waals surface area contributed by atoms with Gasteiger partial charge >= 0.3 is 0 Å². The third-order valence-corrected chi connectivity index (χ3v) is 9.97. The van der Waals surface area contributed by atoms with Crippen LogP contribution < -0.4 is 0 Å². The van der Waals surface area contributed by atoms with Crippen LogP contribution in [0.4, 0.5) is 0 Å². The fourth-order valence-corrected chi connectivity index (χ4v) is 7.77. The maximum absolute atomic E-state index is 7.09. The van der Waals surface area contributed by atoms with Gasteiger partial charge in [0.05, 0.1) is 20.1 Å². The fourth-order valence-electron chi connectivity index (χ4n) is 4.32. The lowest BCUT2D eigenvalue weighted by Crippen LogP contribution is -2.31. The van der Waals surface area contributed by atoms with Crippen LogP contribution in [0.2, 0.25) is 10.4 Å². The van der Waals surface area contributed by atoms with E-state index in [-0.39, 0.29) is 11.2 Å². The number of fused-ring (bicyclic) bond motifs is 3. The Morgan fingerprint density at radius 2 is 1.97 bits per heavy atom. The van der Waals surface area contributed by atoms with Gasteiger partial charge in [-0.2, -0.15) is 0 Å². The first-order chi connectivity index (χ1) is 15.2. The minimum Gasteiger partial charge on any atom is -0.216 e. The molecule has 0 N–H and O–H groups in total. The van der Waals surface area contributed by atoms with E-state index in [1.807, 2.05) is 13.8 Å². The summed E-state index contributed by atoms with van der Waals surface area (Å²) in [6, 6.07) is 6.47. The van der Waals surface area contributed by atoms with E-state index in [0.717, 1.165) is 49.2 Å². The van der Waals surface area contributed by atoms with E-state index in [0.29, 0.717) is 10.2 Å². The van der Waals surface area contributed by atoms with Crippen molar-refractivity contribution in [3.05, 3.63) is 72.0 Å². The summed E-state index contributed by atoms with van der Waals surface area (Å²) in [6.07, 6.45) is 4.10. The predicted octanol–water partition coefficient (Wildman–Crippen LogP) is 9.28. The standard InChI is InChI=1S/C24H18Cl4N2S2/c1-4-14-10-13(18-20(31-14)16(25)7-11(2)24(18,3)28)8-12-5-6-17-15(9-12)19-21(32-17)22(26)30-23(27)29-19/h5-6,9-10,13H,4,8H2,1-3H3/t13?,24-/m1/s1. The first kappa shape index (κ1) is 22.8. The zero-order valence-corrected chi connectivity index (χ0v) is 22.2. The lowest BCUT2D eigenvalue weighted by molar-refractivity contribution is 0.653. The molecule has 1 aliphatic heterocycles. The summed E-state index contributed by atoms with van der Waals surface area (Å²) < 4.78 is 1.96. The second kappa shape index (κ2) is 8.36. The molecular weight excluding hydrogens is 522 g/mol. The molecule has 3 heterocycles. The number of nitrogens with zero attached hydrogens (tertiary/aromatic N) is 2. The van der Waals surface area contributed by atoms with Crippen LogP contribution >= 0.6 is 69.5 Å². The highest BCUT2D eigenvalue weighted by Gasteiger charge is 2.40. The third-order valence-electron chi connectivity index (χ3n) is 6.05. The number of hydrogen-bond acceptors (Lipinski definition) is 4. The molecule has 1 aromatic carbocycles. The molecule has 0 spiro atoms. The van der Waals surface area contributed by atoms with E-state index in [2.05, 4.69) is 46.9 Å².